The quantitative estimate of drug-likeness (QED) is 0.760. The number of hydrogen-bond donors (Lipinski definition) is 2. The molecule has 0 saturated carbocycles. The summed E-state index contributed by atoms with van der Waals surface area (Å²) in [6.07, 6.45) is 5.15. The number of amides is 2. The van der Waals surface area contributed by atoms with Gasteiger partial charge in [0.25, 0.3) is 0 Å². The maximum Gasteiger partial charge on any atom is 0.319 e. The first kappa shape index (κ1) is 14.9. The van der Waals surface area contributed by atoms with Crippen LogP contribution in [0, 0.1) is 6.92 Å². The SMILES string of the molecule is Cc1cccc(NC(=O)NCC(c2ccco2)n2cccn2)c1. The summed E-state index contributed by atoms with van der Waals surface area (Å²) >= 11 is 0. The fourth-order valence-electron chi connectivity index (χ4n) is 2.36. The minimum Gasteiger partial charge on any atom is -0.467 e. The first-order valence-corrected chi connectivity index (χ1v) is 7.36. The monoisotopic (exact) mass is 310 g/mol. The van der Waals surface area contributed by atoms with E-state index in [0.29, 0.717) is 6.54 Å². The Labute approximate surface area is 134 Å². The molecule has 3 rings (SSSR count). The Hall–Kier alpha value is -3.02. The number of urea groups is 1. The molecule has 2 aromatic heterocycles. The van der Waals surface area contributed by atoms with Gasteiger partial charge in [-0.3, -0.25) is 4.68 Å². The van der Waals surface area contributed by atoms with E-state index in [1.165, 1.54) is 0 Å². The lowest BCUT2D eigenvalue weighted by Gasteiger charge is -2.16. The Morgan fingerprint density at radius 2 is 2.22 bits per heavy atom. The summed E-state index contributed by atoms with van der Waals surface area (Å²) in [7, 11) is 0. The molecule has 2 amide bonds. The van der Waals surface area contributed by atoms with E-state index in [-0.39, 0.29) is 12.1 Å². The van der Waals surface area contributed by atoms with Crippen LogP contribution in [-0.4, -0.2) is 22.4 Å². The van der Waals surface area contributed by atoms with Crippen LogP contribution in [0.2, 0.25) is 0 Å². The standard InChI is InChI=1S/C17H18N4O2/c1-13-5-2-6-14(11-13)20-17(22)18-12-15(16-7-3-10-23-16)21-9-4-8-19-21/h2-11,15H,12H2,1H3,(H2,18,20,22). The molecule has 0 aliphatic carbocycles. The van der Waals surface area contributed by atoms with E-state index in [4.69, 9.17) is 4.42 Å². The molecule has 1 atom stereocenters. The van der Waals surface area contributed by atoms with Crippen molar-refractivity contribution in [2.45, 2.75) is 13.0 Å². The van der Waals surface area contributed by atoms with E-state index in [9.17, 15) is 4.79 Å². The minimum atomic E-state index is -0.265. The van der Waals surface area contributed by atoms with Crippen LogP contribution in [0.5, 0.6) is 0 Å². The molecule has 2 heterocycles. The van der Waals surface area contributed by atoms with Gasteiger partial charge in [0.1, 0.15) is 11.8 Å². The molecule has 0 spiro atoms. The Balaban J connectivity index is 1.64. The smallest absolute Gasteiger partial charge is 0.319 e. The number of rotatable bonds is 5. The summed E-state index contributed by atoms with van der Waals surface area (Å²) in [6, 6.07) is 12.7. The van der Waals surface area contributed by atoms with Crippen molar-refractivity contribution >= 4 is 11.7 Å². The summed E-state index contributed by atoms with van der Waals surface area (Å²) in [5, 5.41) is 9.91. The average molecular weight is 310 g/mol. The highest BCUT2D eigenvalue weighted by Gasteiger charge is 2.17. The summed E-state index contributed by atoms with van der Waals surface area (Å²) in [5.41, 5.74) is 1.85. The van der Waals surface area contributed by atoms with Gasteiger partial charge in [-0.1, -0.05) is 12.1 Å². The summed E-state index contributed by atoms with van der Waals surface area (Å²) in [5.74, 6) is 0.740. The zero-order chi connectivity index (χ0) is 16.1. The van der Waals surface area contributed by atoms with Crippen molar-refractivity contribution in [3.8, 4) is 0 Å². The van der Waals surface area contributed by atoms with Gasteiger partial charge in [0.2, 0.25) is 0 Å². The summed E-state index contributed by atoms with van der Waals surface area (Å²) < 4.78 is 7.21. The van der Waals surface area contributed by atoms with Gasteiger partial charge in [0.05, 0.1) is 6.26 Å². The number of carbonyl (C=O) groups excluding carboxylic acids is 1. The van der Waals surface area contributed by atoms with Crippen LogP contribution < -0.4 is 10.6 Å². The third kappa shape index (κ3) is 3.79. The van der Waals surface area contributed by atoms with Gasteiger partial charge in [0.15, 0.2) is 0 Å². The van der Waals surface area contributed by atoms with Gasteiger partial charge >= 0.3 is 6.03 Å². The largest absolute Gasteiger partial charge is 0.467 e. The second-order valence-electron chi connectivity index (χ2n) is 5.22. The lowest BCUT2D eigenvalue weighted by Crippen LogP contribution is -2.34. The number of nitrogens with one attached hydrogen (secondary N) is 2. The number of anilines is 1. The van der Waals surface area contributed by atoms with E-state index in [2.05, 4.69) is 15.7 Å². The van der Waals surface area contributed by atoms with Gasteiger partial charge in [-0.05, 0) is 42.8 Å². The van der Waals surface area contributed by atoms with Crippen molar-refractivity contribution in [2.24, 2.45) is 0 Å². The molecular formula is C17H18N4O2. The second-order valence-corrected chi connectivity index (χ2v) is 5.22. The van der Waals surface area contributed by atoms with Crippen molar-refractivity contribution in [2.75, 3.05) is 11.9 Å². The number of furan rings is 1. The number of aromatic nitrogens is 2. The van der Waals surface area contributed by atoms with Gasteiger partial charge in [-0.25, -0.2) is 4.79 Å². The molecule has 0 saturated heterocycles. The molecule has 3 aromatic rings. The Kier molecular flexibility index (Phi) is 4.42. The molecule has 1 aromatic carbocycles. The third-order valence-electron chi connectivity index (χ3n) is 3.45. The van der Waals surface area contributed by atoms with Crippen molar-refractivity contribution in [3.05, 3.63) is 72.4 Å². The molecule has 0 bridgehead atoms. The molecule has 0 fully saturated rings. The summed E-state index contributed by atoms with van der Waals surface area (Å²) in [6.45, 7) is 2.35. The minimum absolute atomic E-state index is 0.191. The molecule has 6 heteroatoms. The molecule has 1 unspecified atom stereocenters. The fraction of sp³-hybridized carbons (Fsp3) is 0.176. The number of benzene rings is 1. The molecule has 118 valence electrons. The van der Waals surface area contributed by atoms with Crippen LogP contribution >= 0.6 is 0 Å². The highest BCUT2D eigenvalue weighted by atomic mass is 16.3. The lowest BCUT2D eigenvalue weighted by atomic mass is 10.2. The van der Waals surface area contributed by atoms with E-state index in [1.807, 2.05) is 55.6 Å². The molecule has 0 aliphatic rings. The predicted octanol–water partition coefficient (Wildman–Crippen LogP) is 3.20. The van der Waals surface area contributed by atoms with E-state index >= 15 is 0 Å². The van der Waals surface area contributed by atoms with E-state index < -0.39 is 0 Å². The normalized spacial score (nSPS) is 11.9. The van der Waals surface area contributed by atoms with Crippen LogP contribution in [0.4, 0.5) is 10.5 Å². The van der Waals surface area contributed by atoms with Crippen LogP contribution in [0.25, 0.3) is 0 Å². The van der Waals surface area contributed by atoms with E-state index in [1.54, 1.807) is 17.1 Å². The van der Waals surface area contributed by atoms with Crippen LogP contribution in [0.15, 0.2) is 65.5 Å². The Morgan fingerprint density at radius 3 is 2.91 bits per heavy atom. The highest BCUT2D eigenvalue weighted by molar-refractivity contribution is 5.89. The zero-order valence-electron chi connectivity index (χ0n) is 12.8. The van der Waals surface area contributed by atoms with Gasteiger partial charge in [0, 0.05) is 24.6 Å². The highest BCUT2D eigenvalue weighted by Crippen LogP contribution is 2.17. The number of aryl methyl sites for hydroxylation is 1. The number of nitrogens with zero attached hydrogens (tertiary/aromatic N) is 2. The van der Waals surface area contributed by atoms with Crippen LogP contribution in [0.3, 0.4) is 0 Å². The molecule has 0 radical (unpaired) electrons. The fourth-order valence-corrected chi connectivity index (χ4v) is 2.36. The first-order chi connectivity index (χ1) is 11.2. The van der Waals surface area contributed by atoms with Gasteiger partial charge in [-0.15, -0.1) is 0 Å². The predicted molar refractivity (Wildman–Crippen MR) is 87.3 cm³/mol. The maximum atomic E-state index is 12.1. The van der Waals surface area contributed by atoms with E-state index in [0.717, 1.165) is 17.0 Å². The number of hydrogen-bond acceptors (Lipinski definition) is 3. The van der Waals surface area contributed by atoms with Crippen molar-refractivity contribution < 1.29 is 9.21 Å². The van der Waals surface area contributed by atoms with Gasteiger partial charge in [-0.2, -0.15) is 5.10 Å². The van der Waals surface area contributed by atoms with Crippen LogP contribution in [0.1, 0.15) is 17.4 Å². The van der Waals surface area contributed by atoms with Crippen LogP contribution in [-0.2, 0) is 0 Å². The molecular weight excluding hydrogens is 292 g/mol. The molecule has 23 heavy (non-hydrogen) atoms. The Morgan fingerprint density at radius 1 is 1.30 bits per heavy atom. The topological polar surface area (TPSA) is 72.1 Å². The Bertz CT molecular complexity index is 717. The third-order valence-corrected chi connectivity index (χ3v) is 3.45. The zero-order valence-corrected chi connectivity index (χ0v) is 12.8. The average Bonchev–Trinajstić information content (AvgIpc) is 3.21. The van der Waals surface area contributed by atoms with Crippen molar-refractivity contribution in [3.63, 3.8) is 0 Å². The maximum absolute atomic E-state index is 12.1. The summed E-state index contributed by atoms with van der Waals surface area (Å²) in [4.78, 5) is 12.1. The lowest BCUT2D eigenvalue weighted by molar-refractivity contribution is 0.250. The first-order valence-electron chi connectivity index (χ1n) is 7.36. The second kappa shape index (κ2) is 6.83. The molecule has 2 N–H and O–H groups in total. The van der Waals surface area contributed by atoms with Crippen molar-refractivity contribution in [1.82, 2.24) is 15.1 Å². The van der Waals surface area contributed by atoms with Crippen molar-refractivity contribution in [1.29, 1.82) is 0 Å². The molecule has 0 aliphatic heterocycles. The van der Waals surface area contributed by atoms with Gasteiger partial charge < -0.3 is 15.1 Å². The number of carbonyl (C=O) groups is 1. The molecule has 6 nitrogen and oxygen atoms in total.